The number of amides is 2. The zero-order valence-electron chi connectivity index (χ0n) is 21.7. The van der Waals surface area contributed by atoms with E-state index >= 15 is 0 Å². The lowest BCUT2D eigenvalue weighted by molar-refractivity contribution is -0.153. The Bertz CT molecular complexity index is 1380. The smallest absolute Gasteiger partial charge is 0.310 e. The van der Waals surface area contributed by atoms with Gasteiger partial charge < -0.3 is 15.7 Å². The van der Waals surface area contributed by atoms with Gasteiger partial charge in [0, 0.05) is 29.6 Å². The largest absolute Gasteiger partial charge is 0.481 e. The lowest BCUT2D eigenvalue weighted by Gasteiger charge is -2.35. The number of alkyl halides is 2. The van der Waals surface area contributed by atoms with E-state index in [2.05, 4.69) is 31.4 Å². The quantitative estimate of drug-likeness (QED) is 0.471. The Labute approximate surface area is 234 Å². The number of fused-ring (bicyclic) bond motifs is 4. The van der Waals surface area contributed by atoms with Gasteiger partial charge in [-0.1, -0.05) is 68.2 Å². The molecule has 4 atom stereocenters. The maximum absolute atomic E-state index is 14.8. The van der Waals surface area contributed by atoms with Crippen LogP contribution in [0.5, 0.6) is 0 Å². The highest BCUT2D eigenvalue weighted by Crippen LogP contribution is 2.60. The van der Waals surface area contributed by atoms with Gasteiger partial charge in [0.25, 0.3) is 11.8 Å². The summed E-state index contributed by atoms with van der Waals surface area (Å²) in [4.78, 5) is 41.1. The van der Waals surface area contributed by atoms with Gasteiger partial charge in [-0.2, -0.15) is 0 Å². The van der Waals surface area contributed by atoms with Crippen LogP contribution in [-0.4, -0.2) is 52.8 Å². The molecule has 0 unspecified atom stereocenters. The monoisotopic (exact) mass is 579 g/mol. The minimum atomic E-state index is -3.22. The average molecular weight is 580 g/mol. The number of halogens is 4. The zero-order valence-corrected chi connectivity index (χ0v) is 23.2. The van der Waals surface area contributed by atoms with E-state index in [1.807, 2.05) is 24.3 Å². The molecule has 2 saturated heterocycles. The van der Waals surface area contributed by atoms with Crippen LogP contribution in [0.25, 0.3) is 0 Å². The van der Waals surface area contributed by atoms with Crippen molar-refractivity contribution in [2.75, 3.05) is 18.4 Å². The summed E-state index contributed by atoms with van der Waals surface area (Å²) in [7, 11) is 0. The van der Waals surface area contributed by atoms with Crippen LogP contribution >= 0.6 is 23.2 Å². The van der Waals surface area contributed by atoms with Crippen molar-refractivity contribution in [2.45, 2.75) is 56.5 Å². The zero-order chi connectivity index (χ0) is 28.5. The molecule has 39 heavy (non-hydrogen) atoms. The molecule has 2 aromatic carbocycles. The second-order valence-electron chi connectivity index (χ2n) is 11.6. The first-order valence-corrected chi connectivity index (χ1v) is 13.5. The lowest BCUT2D eigenvalue weighted by atomic mass is 9.73. The molecule has 3 aliphatic heterocycles. The molecule has 1 spiro atoms. The molecule has 0 aliphatic carbocycles. The maximum Gasteiger partial charge on any atom is 0.310 e. The molecule has 208 valence electrons. The number of carbonyl (C=O) groups is 3. The topological polar surface area (TPSA) is 98.7 Å². The first-order chi connectivity index (χ1) is 18.2. The molecule has 0 radical (unpaired) electrons. The third-order valence-corrected chi connectivity index (χ3v) is 8.63. The van der Waals surface area contributed by atoms with Crippen LogP contribution in [0.15, 0.2) is 36.4 Å². The number of nitrogens with zero attached hydrogens (tertiary/aromatic N) is 1. The molecule has 0 aromatic heterocycles. The number of aliphatic carboxylic acids is 1. The molecule has 2 amide bonds. The van der Waals surface area contributed by atoms with Crippen molar-refractivity contribution in [3.05, 3.63) is 63.1 Å². The van der Waals surface area contributed by atoms with E-state index < -0.39 is 60.1 Å². The van der Waals surface area contributed by atoms with Crippen LogP contribution in [0.2, 0.25) is 10.0 Å². The first-order valence-electron chi connectivity index (χ1n) is 12.7. The van der Waals surface area contributed by atoms with Crippen LogP contribution < -0.4 is 10.6 Å². The normalized spacial score (nSPS) is 27.4. The predicted octanol–water partition coefficient (Wildman–Crippen LogP) is 4.84. The van der Waals surface area contributed by atoms with Crippen LogP contribution in [0.4, 0.5) is 14.5 Å². The number of nitrogens with one attached hydrogen (secondary N) is 2. The van der Waals surface area contributed by atoms with Gasteiger partial charge in [0.2, 0.25) is 5.91 Å². The Kier molecular flexibility index (Phi) is 6.72. The van der Waals surface area contributed by atoms with Gasteiger partial charge in [0.05, 0.1) is 23.2 Å². The van der Waals surface area contributed by atoms with Gasteiger partial charge in [-0.15, -0.1) is 0 Å². The summed E-state index contributed by atoms with van der Waals surface area (Å²) in [5, 5.41) is 15.9. The molecule has 2 fully saturated rings. The number of anilines is 1. The van der Waals surface area contributed by atoms with Crippen molar-refractivity contribution >= 4 is 46.7 Å². The van der Waals surface area contributed by atoms with Crippen molar-refractivity contribution in [1.82, 2.24) is 10.2 Å². The van der Waals surface area contributed by atoms with Gasteiger partial charge in [-0.3, -0.25) is 19.3 Å². The molecule has 0 saturated carbocycles. The highest BCUT2D eigenvalue weighted by molar-refractivity contribution is 6.38. The summed E-state index contributed by atoms with van der Waals surface area (Å²) in [6, 6.07) is 9.49. The number of carbonyl (C=O) groups excluding carboxylic acids is 2. The molecule has 5 rings (SSSR count). The van der Waals surface area contributed by atoms with Crippen molar-refractivity contribution in [1.29, 1.82) is 0 Å². The number of benzene rings is 2. The van der Waals surface area contributed by atoms with Crippen molar-refractivity contribution in [3.8, 4) is 0 Å². The van der Waals surface area contributed by atoms with Gasteiger partial charge in [-0.05, 0) is 35.1 Å². The fourth-order valence-electron chi connectivity index (χ4n) is 6.44. The van der Waals surface area contributed by atoms with Crippen LogP contribution in [0.3, 0.4) is 0 Å². The first kappa shape index (κ1) is 27.8. The Morgan fingerprint density at radius 3 is 2.59 bits per heavy atom. The molecule has 2 aromatic rings. The number of hydrogen-bond donors (Lipinski definition) is 3. The van der Waals surface area contributed by atoms with Crippen LogP contribution in [0.1, 0.15) is 43.9 Å². The molecule has 11 heteroatoms. The number of carboxylic acids is 1. The molecular weight excluding hydrogens is 551 g/mol. The van der Waals surface area contributed by atoms with E-state index in [1.54, 1.807) is 0 Å². The average Bonchev–Trinajstić information content (AvgIpc) is 3.39. The maximum atomic E-state index is 14.8. The molecule has 7 nitrogen and oxygen atoms in total. The third-order valence-electron chi connectivity index (χ3n) is 8.11. The summed E-state index contributed by atoms with van der Waals surface area (Å²) in [6.45, 7) is 5.58. The Balaban J connectivity index is 1.49. The van der Waals surface area contributed by atoms with Crippen LogP contribution in [-0.2, 0) is 31.8 Å². The minimum Gasteiger partial charge on any atom is -0.481 e. The highest BCUT2D eigenvalue weighted by Gasteiger charge is 2.74. The SMILES string of the molecule is CC(C)(C)c1cccc(CCNC(=O)[C@H]2[C@H]3CC(F)(F)CN3[C@]3(C(=O)Nc4c(Cl)cc(Cl)cc43)[C@H]2C(=O)O)c1. The van der Waals surface area contributed by atoms with Gasteiger partial charge in [0.1, 0.15) is 11.5 Å². The minimum absolute atomic E-state index is 0.0553. The summed E-state index contributed by atoms with van der Waals surface area (Å²) < 4.78 is 29.7. The van der Waals surface area contributed by atoms with E-state index in [0.717, 1.165) is 11.1 Å². The summed E-state index contributed by atoms with van der Waals surface area (Å²) in [5.41, 5.74) is 0.182. The van der Waals surface area contributed by atoms with Gasteiger partial charge in [0.15, 0.2) is 0 Å². The second kappa shape index (κ2) is 9.42. The van der Waals surface area contributed by atoms with E-state index in [9.17, 15) is 28.3 Å². The van der Waals surface area contributed by atoms with Crippen molar-refractivity contribution < 1.29 is 28.3 Å². The van der Waals surface area contributed by atoms with Gasteiger partial charge in [-0.25, -0.2) is 8.78 Å². The lowest BCUT2D eigenvalue weighted by Crippen LogP contribution is -2.54. The van der Waals surface area contributed by atoms with Crippen molar-refractivity contribution in [3.63, 3.8) is 0 Å². The summed E-state index contributed by atoms with van der Waals surface area (Å²) in [6.07, 6.45) is -0.286. The van der Waals surface area contributed by atoms with Crippen LogP contribution in [0, 0.1) is 11.8 Å². The Morgan fingerprint density at radius 1 is 1.21 bits per heavy atom. The number of hydrogen-bond acceptors (Lipinski definition) is 4. The molecule has 3 aliphatic rings. The second-order valence-corrected chi connectivity index (χ2v) is 12.5. The number of carboxylic acid groups (broad SMARTS) is 1. The summed E-state index contributed by atoms with van der Waals surface area (Å²) in [5.74, 6) is -9.22. The fraction of sp³-hybridized carbons (Fsp3) is 0.464. The molecule has 0 bridgehead atoms. The molecule has 3 N–H and O–H groups in total. The predicted molar refractivity (Wildman–Crippen MR) is 143 cm³/mol. The summed E-state index contributed by atoms with van der Waals surface area (Å²) >= 11 is 12.5. The van der Waals surface area contributed by atoms with Gasteiger partial charge >= 0.3 is 5.97 Å². The Hall–Kier alpha value is -2.75. The van der Waals surface area contributed by atoms with Crippen molar-refractivity contribution in [2.24, 2.45) is 11.8 Å². The molecule has 3 heterocycles. The highest BCUT2D eigenvalue weighted by atomic mass is 35.5. The number of rotatable bonds is 5. The van der Waals surface area contributed by atoms with E-state index in [-0.39, 0.29) is 33.3 Å². The van der Waals surface area contributed by atoms with E-state index in [4.69, 9.17) is 23.2 Å². The van der Waals surface area contributed by atoms with E-state index in [1.165, 1.54) is 17.0 Å². The standard InChI is InChI=1S/C28H29Cl2F2N3O4/c1-26(2,3)15-6-4-5-14(9-15)7-8-33-23(36)20-19-12-27(31,32)13-35(19)28(21(20)24(37)38)17-10-16(29)11-18(30)22(17)34-25(28)39/h4-6,9-11,19-21H,7-8,12-13H2,1-3H3,(H,33,36)(H,34,39)(H,37,38)/t19-,20+,21-,28+/m1/s1. The van der Waals surface area contributed by atoms with E-state index in [0.29, 0.717) is 6.42 Å². The molecular formula is C28H29Cl2F2N3O4. The third kappa shape index (κ3) is 4.48. The Morgan fingerprint density at radius 2 is 1.92 bits per heavy atom. The fourth-order valence-corrected chi connectivity index (χ4v) is 6.98.